The zero-order chi connectivity index (χ0) is 17.9. The van der Waals surface area contributed by atoms with Crippen LogP contribution in [0.15, 0.2) is 0 Å². The number of carbonyl (C=O) groups is 1. The second-order valence-corrected chi connectivity index (χ2v) is 9.43. The molecule has 0 aliphatic carbocycles. The summed E-state index contributed by atoms with van der Waals surface area (Å²) in [5.74, 6) is 2.17. The number of rotatable bonds is 4. The predicted octanol–water partition coefficient (Wildman–Crippen LogP) is 3.36. The van der Waals surface area contributed by atoms with Crippen LogP contribution >= 0.6 is 0 Å². The Morgan fingerprint density at radius 2 is 1.65 bits per heavy atom. The first-order valence-electron chi connectivity index (χ1n) is 11.5. The Labute approximate surface area is 160 Å². The van der Waals surface area contributed by atoms with Gasteiger partial charge in [-0.2, -0.15) is 0 Å². The molecular weight excluding hydrogens is 322 g/mol. The molecule has 4 heteroatoms. The maximum atomic E-state index is 12.6. The average molecular weight is 362 g/mol. The number of hydrogen-bond donors (Lipinski definition) is 0. The van der Waals surface area contributed by atoms with Crippen LogP contribution in [0.25, 0.3) is 0 Å². The molecule has 0 spiro atoms. The molecule has 26 heavy (non-hydrogen) atoms. The summed E-state index contributed by atoms with van der Waals surface area (Å²) < 4.78 is 0. The minimum atomic E-state index is 0.422. The smallest absolute Gasteiger partial charge is 0.222 e. The van der Waals surface area contributed by atoms with Crippen LogP contribution < -0.4 is 0 Å². The van der Waals surface area contributed by atoms with E-state index in [-0.39, 0.29) is 0 Å². The lowest BCUT2D eigenvalue weighted by molar-refractivity contribution is -0.131. The van der Waals surface area contributed by atoms with Gasteiger partial charge < -0.3 is 9.80 Å². The van der Waals surface area contributed by atoms with Crippen molar-refractivity contribution in [3.05, 3.63) is 0 Å². The van der Waals surface area contributed by atoms with Crippen molar-refractivity contribution >= 4 is 5.91 Å². The lowest BCUT2D eigenvalue weighted by atomic mass is 9.69. The van der Waals surface area contributed by atoms with Crippen molar-refractivity contribution in [2.24, 2.45) is 11.8 Å². The normalized spacial score (nSPS) is 36.4. The molecule has 0 N–H and O–H groups in total. The van der Waals surface area contributed by atoms with Crippen LogP contribution in [0.5, 0.6) is 0 Å². The molecule has 4 rings (SSSR count). The summed E-state index contributed by atoms with van der Waals surface area (Å²) in [4.78, 5) is 20.3. The zero-order valence-corrected chi connectivity index (χ0v) is 16.9. The first-order valence-corrected chi connectivity index (χ1v) is 11.5. The molecule has 0 saturated carbocycles. The number of hydrogen-bond acceptors (Lipinski definition) is 3. The van der Waals surface area contributed by atoms with E-state index in [9.17, 15) is 4.79 Å². The Morgan fingerprint density at radius 3 is 2.42 bits per heavy atom. The van der Waals surface area contributed by atoms with Crippen LogP contribution in [0.1, 0.15) is 70.6 Å². The van der Waals surface area contributed by atoms with E-state index in [1.165, 1.54) is 77.4 Å². The molecule has 4 atom stereocenters. The van der Waals surface area contributed by atoms with Gasteiger partial charge in [-0.1, -0.05) is 12.8 Å². The summed E-state index contributed by atoms with van der Waals surface area (Å²) >= 11 is 0. The van der Waals surface area contributed by atoms with Gasteiger partial charge in [0.05, 0.1) is 0 Å². The molecule has 0 aromatic heterocycles. The second kappa shape index (κ2) is 8.60. The molecule has 1 amide bonds. The molecule has 4 heterocycles. The third-order valence-corrected chi connectivity index (χ3v) is 7.78. The van der Waals surface area contributed by atoms with E-state index >= 15 is 0 Å². The molecule has 0 aromatic carbocycles. The first-order chi connectivity index (χ1) is 12.7. The fourth-order valence-electron chi connectivity index (χ4n) is 6.58. The van der Waals surface area contributed by atoms with Gasteiger partial charge >= 0.3 is 0 Å². The third-order valence-electron chi connectivity index (χ3n) is 7.78. The van der Waals surface area contributed by atoms with Gasteiger partial charge in [0, 0.05) is 38.1 Å². The van der Waals surface area contributed by atoms with E-state index in [0.29, 0.717) is 11.9 Å². The second-order valence-electron chi connectivity index (χ2n) is 9.43. The molecule has 0 radical (unpaired) electrons. The quantitative estimate of drug-likeness (QED) is 0.768. The topological polar surface area (TPSA) is 26.8 Å². The number of amides is 1. The fourth-order valence-corrected chi connectivity index (χ4v) is 6.58. The first kappa shape index (κ1) is 18.7. The zero-order valence-electron chi connectivity index (χ0n) is 16.9. The lowest BCUT2D eigenvalue weighted by Crippen LogP contribution is -2.63. The Bertz CT molecular complexity index is 472. The maximum absolute atomic E-state index is 12.6. The van der Waals surface area contributed by atoms with E-state index in [2.05, 4.69) is 21.7 Å². The standard InChI is InChI=1S/C22H39N3O/c1-23-17-18-9-7-15-25-16-8-10-19(22(18)25)20(23)11-6-12-21(26)24-13-4-2-3-5-14-24/h18-20,22H,2-17H2,1H3/t18-,19+,20+,22-/m0/s1. The van der Waals surface area contributed by atoms with E-state index < -0.39 is 0 Å². The molecule has 4 aliphatic heterocycles. The molecule has 4 fully saturated rings. The lowest BCUT2D eigenvalue weighted by Gasteiger charge is -2.57. The molecule has 0 unspecified atom stereocenters. The molecule has 4 aliphatic rings. The number of piperidine rings is 3. The van der Waals surface area contributed by atoms with Crippen molar-refractivity contribution in [3.8, 4) is 0 Å². The van der Waals surface area contributed by atoms with E-state index in [0.717, 1.165) is 43.8 Å². The van der Waals surface area contributed by atoms with Crippen LogP contribution in [0.3, 0.4) is 0 Å². The highest BCUT2D eigenvalue weighted by Crippen LogP contribution is 2.42. The summed E-state index contributed by atoms with van der Waals surface area (Å²) in [7, 11) is 2.35. The molecule has 148 valence electrons. The van der Waals surface area contributed by atoms with Gasteiger partial charge in [0.2, 0.25) is 5.91 Å². The monoisotopic (exact) mass is 361 g/mol. The van der Waals surface area contributed by atoms with E-state index in [4.69, 9.17) is 0 Å². The van der Waals surface area contributed by atoms with E-state index in [1.54, 1.807) is 0 Å². The molecule has 4 saturated heterocycles. The fraction of sp³-hybridized carbons (Fsp3) is 0.955. The SMILES string of the molecule is CN1C[C@@H]2CCCN3CCC[C@@H]([C@H]23)[C@H]1CCCC(=O)N1CCCCCC1. The van der Waals surface area contributed by atoms with Gasteiger partial charge in [0.1, 0.15) is 0 Å². The van der Waals surface area contributed by atoms with Gasteiger partial charge in [-0.15, -0.1) is 0 Å². The molecular formula is C22H39N3O. The van der Waals surface area contributed by atoms with Crippen LogP contribution in [0.2, 0.25) is 0 Å². The van der Waals surface area contributed by atoms with Crippen LogP contribution in [-0.2, 0) is 4.79 Å². The van der Waals surface area contributed by atoms with Crippen molar-refractivity contribution < 1.29 is 4.79 Å². The highest BCUT2D eigenvalue weighted by Gasteiger charge is 2.47. The summed E-state index contributed by atoms with van der Waals surface area (Å²) in [6.45, 7) is 5.96. The summed E-state index contributed by atoms with van der Waals surface area (Å²) in [6.07, 6.45) is 13.7. The van der Waals surface area contributed by atoms with E-state index in [1.807, 2.05) is 0 Å². The largest absolute Gasteiger partial charge is 0.343 e. The van der Waals surface area contributed by atoms with Crippen molar-refractivity contribution in [2.45, 2.75) is 82.7 Å². The van der Waals surface area contributed by atoms with Gasteiger partial charge in [0.15, 0.2) is 0 Å². The molecule has 4 nitrogen and oxygen atoms in total. The van der Waals surface area contributed by atoms with Gasteiger partial charge in [-0.3, -0.25) is 9.69 Å². The average Bonchev–Trinajstić information content (AvgIpc) is 2.94. The van der Waals surface area contributed by atoms with Crippen molar-refractivity contribution in [1.82, 2.24) is 14.7 Å². The highest BCUT2D eigenvalue weighted by atomic mass is 16.2. The highest BCUT2D eigenvalue weighted by molar-refractivity contribution is 5.76. The maximum Gasteiger partial charge on any atom is 0.222 e. The predicted molar refractivity (Wildman–Crippen MR) is 106 cm³/mol. The number of likely N-dealkylation sites (tertiary alicyclic amines) is 2. The van der Waals surface area contributed by atoms with Gasteiger partial charge in [0.25, 0.3) is 0 Å². The molecule has 0 bridgehead atoms. The minimum absolute atomic E-state index is 0.422. The Balaban J connectivity index is 1.31. The summed E-state index contributed by atoms with van der Waals surface area (Å²) in [5.41, 5.74) is 0. The summed E-state index contributed by atoms with van der Waals surface area (Å²) in [5, 5.41) is 0. The molecule has 0 aromatic rings. The summed E-state index contributed by atoms with van der Waals surface area (Å²) in [6, 6.07) is 1.55. The van der Waals surface area contributed by atoms with Crippen LogP contribution in [0, 0.1) is 11.8 Å². The Kier molecular flexibility index (Phi) is 6.20. The van der Waals surface area contributed by atoms with Crippen LogP contribution in [-0.4, -0.2) is 72.5 Å². The Morgan fingerprint density at radius 1 is 0.923 bits per heavy atom. The van der Waals surface area contributed by atoms with Gasteiger partial charge in [-0.25, -0.2) is 0 Å². The third kappa shape index (κ3) is 3.96. The Hall–Kier alpha value is -0.610. The number of carbonyl (C=O) groups excluding carboxylic acids is 1. The van der Waals surface area contributed by atoms with Crippen molar-refractivity contribution in [1.29, 1.82) is 0 Å². The number of nitrogens with zero attached hydrogens (tertiary/aromatic N) is 3. The minimum Gasteiger partial charge on any atom is -0.343 e. The van der Waals surface area contributed by atoms with Crippen LogP contribution in [0.4, 0.5) is 0 Å². The van der Waals surface area contributed by atoms with Crippen molar-refractivity contribution in [3.63, 3.8) is 0 Å². The van der Waals surface area contributed by atoms with Crippen molar-refractivity contribution in [2.75, 3.05) is 39.8 Å². The van der Waals surface area contributed by atoms with Gasteiger partial charge in [-0.05, 0) is 83.3 Å².